The van der Waals surface area contributed by atoms with Gasteiger partial charge in [0.2, 0.25) is 5.88 Å². The van der Waals surface area contributed by atoms with E-state index in [0.717, 1.165) is 11.6 Å². The fraction of sp³-hybridized carbons (Fsp3) is 0.100. The molecule has 0 bridgehead atoms. The van der Waals surface area contributed by atoms with Crippen LogP contribution in [-0.4, -0.2) is 24.7 Å². The van der Waals surface area contributed by atoms with Crippen molar-refractivity contribution in [2.24, 2.45) is 7.05 Å². The number of rotatable bonds is 6. The van der Waals surface area contributed by atoms with Crippen molar-refractivity contribution in [3.63, 3.8) is 0 Å². The van der Waals surface area contributed by atoms with E-state index < -0.39 is 22.6 Å². The second-order valence-electron chi connectivity index (χ2n) is 9.04. The molecule has 5 rings (SSSR count). The van der Waals surface area contributed by atoms with Gasteiger partial charge >= 0.3 is 0 Å². The van der Waals surface area contributed by atoms with E-state index in [9.17, 15) is 19.6 Å². The summed E-state index contributed by atoms with van der Waals surface area (Å²) in [5, 5.41) is 12.4. The third-order valence-corrected chi connectivity index (χ3v) is 6.42. The van der Waals surface area contributed by atoms with Gasteiger partial charge in [-0.15, -0.1) is 0 Å². The molecule has 0 unspecified atom stereocenters. The Kier molecular flexibility index (Phi) is 6.87. The molecule has 1 amide bonds. The lowest BCUT2D eigenvalue weighted by Gasteiger charge is -2.10. The maximum Gasteiger partial charge on any atom is 0.295 e. The summed E-state index contributed by atoms with van der Waals surface area (Å²) in [5.74, 6) is -0.493. The molecule has 5 aromatic rings. The summed E-state index contributed by atoms with van der Waals surface area (Å²) < 4.78 is 10.2. The van der Waals surface area contributed by atoms with Crippen LogP contribution in [0.4, 0.5) is 5.69 Å². The Morgan fingerprint density at radius 2 is 1.68 bits per heavy atom. The summed E-state index contributed by atoms with van der Waals surface area (Å²) in [4.78, 5) is 44.4. The van der Waals surface area contributed by atoms with Gasteiger partial charge in [-0.25, -0.2) is 4.68 Å². The normalized spacial score (nSPS) is 11.3. The van der Waals surface area contributed by atoms with Gasteiger partial charge < -0.3 is 10.1 Å². The molecule has 0 fully saturated rings. The van der Waals surface area contributed by atoms with Gasteiger partial charge in [0.25, 0.3) is 17.0 Å². The minimum Gasteiger partial charge on any atom is -0.438 e. The fourth-order valence-electron chi connectivity index (χ4n) is 4.19. The molecular weight excluding hydrogens is 508 g/mol. The number of para-hydroxylation sites is 1. The van der Waals surface area contributed by atoms with Crippen LogP contribution < -0.4 is 21.2 Å². The van der Waals surface area contributed by atoms with Crippen LogP contribution in [0.15, 0.2) is 94.2 Å². The van der Waals surface area contributed by atoms with Crippen LogP contribution in [-0.2, 0) is 11.8 Å². The maximum absolute atomic E-state index is 13.4. The number of carbonyl (C=O) groups is 1. The molecule has 40 heavy (non-hydrogen) atoms. The van der Waals surface area contributed by atoms with Crippen molar-refractivity contribution < 1.29 is 9.53 Å². The summed E-state index contributed by atoms with van der Waals surface area (Å²) >= 11 is 0. The van der Waals surface area contributed by atoms with Crippen molar-refractivity contribution >= 4 is 23.3 Å². The van der Waals surface area contributed by atoms with Crippen LogP contribution >= 0.6 is 0 Å². The quantitative estimate of drug-likeness (QED) is 0.259. The zero-order chi connectivity index (χ0) is 28.4. The number of nitrogens with zero attached hydrogens (tertiary/aromatic N) is 5. The molecule has 0 spiro atoms. The van der Waals surface area contributed by atoms with Crippen LogP contribution in [0.25, 0.3) is 17.4 Å². The maximum atomic E-state index is 13.4. The SMILES string of the molecule is Cc1ccc(Oc2nc3ccccn3c(=O)c2/C=C(\C#N)C(=O)Nc2c(C)n(C)n(-c3ccccc3)c2=O)cc1. The van der Waals surface area contributed by atoms with Crippen LogP contribution in [0, 0.1) is 25.2 Å². The first-order chi connectivity index (χ1) is 19.3. The first-order valence-electron chi connectivity index (χ1n) is 12.3. The van der Waals surface area contributed by atoms with Gasteiger partial charge in [-0.2, -0.15) is 10.2 Å². The Bertz CT molecular complexity index is 1940. The number of aryl methyl sites for hydroxylation is 1. The zero-order valence-corrected chi connectivity index (χ0v) is 22.0. The number of pyridine rings is 1. The number of hydrogen-bond donors (Lipinski definition) is 1. The summed E-state index contributed by atoms with van der Waals surface area (Å²) in [6.07, 6.45) is 2.66. The van der Waals surface area contributed by atoms with E-state index in [-0.39, 0.29) is 17.1 Å². The highest BCUT2D eigenvalue weighted by atomic mass is 16.5. The standard InChI is InChI=1S/C30H24N6O4/c1-19-12-14-23(15-13-19)40-28-24(29(38)35-16-8-7-11-25(35)32-28)17-21(18-31)27(37)33-26-20(2)34(3)36(30(26)39)22-9-5-4-6-10-22/h4-17H,1-3H3,(H,33,37)/b21-17+. The van der Waals surface area contributed by atoms with Crippen LogP contribution in [0.1, 0.15) is 16.8 Å². The molecule has 0 saturated carbocycles. The molecule has 10 heteroatoms. The van der Waals surface area contributed by atoms with E-state index in [1.807, 2.05) is 31.2 Å². The number of benzene rings is 2. The molecule has 2 aromatic carbocycles. The van der Waals surface area contributed by atoms with Gasteiger partial charge in [-0.3, -0.25) is 23.5 Å². The molecule has 10 nitrogen and oxygen atoms in total. The highest BCUT2D eigenvalue weighted by molar-refractivity contribution is 6.10. The third-order valence-electron chi connectivity index (χ3n) is 6.42. The Morgan fingerprint density at radius 1 is 0.975 bits per heavy atom. The molecule has 0 aliphatic carbocycles. The van der Waals surface area contributed by atoms with Gasteiger partial charge in [0.1, 0.15) is 34.3 Å². The predicted molar refractivity (Wildman–Crippen MR) is 151 cm³/mol. The summed E-state index contributed by atoms with van der Waals surface area (Å²) in [5.41, 5.74) is 0.962. The number of aromatic nitrogens is 4. The number of nitrogens with one attached hydrogen (secondary N) is 1. The highest BCUT2D eigenvalue weighted by Gasteiger charge is 2.22. The van der Waals surface area contributed by atoms with Gasteiger partial charge in [-0.1, -0.05) is 42.0 Å². The number of amides is 1. The number of nitriles is 1. The first-order valence-corrected chi connectivity index (χ1v) is 12.3. The van der Waals surface area contributed by atoms with E-state index in [1.54, 1.807) is 73.3 Å². The van der Waals surface area contributed by atoms with Crippen molar-refractivity contribution in [1.82, 2.24) is 18.7 Å². The summed E-state index contributed by atoms with van der Waals surface area (Å²) in [6.45, 7) is 3.61. The lowest BCUT2D eigenvalue weighted by atomic mass is 10.1. The van der Waals surface area contributed by atoms with E-state index in [4.69, 9.17) is 4.74 Å². The topological polar surface area (TPSA) is 123 Å². The lowest BCUT2D eigenvalue weighted by molar-refractivity contribution is -0.112. The average molecular weight is 533 g/mol. The second-order valence-corrected chi connectivity index (χ2v) is 9.04. The van der Waals surface area contributed by atoms with E-state index in [2.05, 4.69) is 10.3 Å². The number of anilines is 1. The molecule has 0 atom stereocenters. The lowest BCUT2D eigenvalue weighted by Crippen LogP contribution is -2.24. The minimum absolute atomic E-state index is 0.0157. The predicted octanol–water partition coefficient (Wildman–Crippen LogP) is 4.14. The molecule has 198 valence electrons. The van der Waals surface area contributed by atoms with Crippen LogP contribution in [0.5, 0.6) is 11.6 Å². The van der Waals surface area contributed by atoms with E-state index in [1.165, 1.54) is 15.3 Å². The van der Waals surface area contributed by atoms with Crippen molar-refractivity contribution in [1.29, 1.82) is 5.26 Å². The Balaban J connectivity index is 1.57. The summed E-state index contributed by atoms with van der Waals surface area (Å²) in [7, 11) is 1.69. The van der Waals surface area contributed by atoms with Gasteiger partial charge in [-0.05, 0) is 56.3 Å². The van der Waals surface area contributed by atoms with Crippen molar-refractivity contribution in [2.75, 3.05) is 5.32 Å². The smallest absolute Gasteiger partial charge is 0.295 e. The van der Waals surface area contributed by atoms with Crippen molar-refractivity contribution in [3.05, 3.63) is 122 Å². The molecule has 0 aliphatic heterocycles. The van der Waals surface area contributed by atoms with Gasteiger partial charge in [0.05, 0.1) is 11.4 Å². The minimum atomic E-state index is -0.854. The number of hydrogen-bond acceptors (Lipinski definition) is 6. The highest BCUT2D eigenvalue weighted by Crippen LogP contribution is 2.25. The Hall–Kier alpha value is -5.69. The van der Waals surface area contributed by atoms with E-state index >= 15 is 0 Å². The molecular formula is C30H24N6O4. The monoisotopic (exact) mass is 532 g/mol. The molecule has 0 radical (unpaired) electrons. The number of carbonyl (C=O) groups excluding carboxylic acids is 1. The van der Waals surface area contributed by atoms with Crippen LogP contribution in [0.3, 0.4) is 0 Å². The third kappa shape index (κ3) is 4.79. The molecule has 3 heterocycles. The van der Waals surface area contributed by atoms with E-state index in [0.29, 0.717) is 22.8 Å². The molecule has 0 aliphatic rings. The largest absolute Gasteiger partial charge is 0.438 e. The Morgan fingerprint density at radius 3 is 2.38 bits per heavy atom. The van der Waals surface area contributed by atoms with Crippen LogP contribution in [0.2, 0.25) is 0 Å². The van der Waals surface area contributed by atoms with Crippen molar-refractivity contribution in [2.45, 2.75) is 13.8 Å². The van der Waals surface area contributed by atoms with Gasteiger partial charge in [0.15, 0.2) is 0 Å². The van der Waals surface area contributed by atoms with Crippen molar-refractivity contribution in [3.8, 4) is 23.4 Å². The Labute approximate surface area is 228 Å². The first kappa shape index (κ1) is 25.9. The average Bonchev–Trinajstić information content (AvgIpc) is 3.17. The molecule has 0 saturated heterocycles. The number of ether oxygens (including phenoxy) is 1. The molecule has 3 aromatic heterocycles. The molecule has 1 N–H and O–H groups in total. The fourth-order valence-corrected chi connectivity index (χ4v) is 4.19. The van der Waals surface area contributed by atoms with Gasteiger partial charge in [0, 0.05) is 13.2 Å². The number of fused-ring (bicyclic) bond motifs is 1. The second kappa shape index (κ2) is 10.6. The summed E-state index contributed by atoms with van der Waals surface area (Å²) in [6, 6.07) is 23.0. The zero-order valence-electron chi connectivity index (χ0n) is 22.0.